The number of hydrogen-bond acceptors (Lipinski definition) is 3. The number of Topliss-reactive ketones (excluding diaryl/α,β-unsaturated/α-hetero) is 1. The summed E-state index contributed by atoms with van der Waals surface area (Å²) in [5.74, 6) is 0.278. The molecule has 1 saturated heterocycles. The number of aryl methyl sites for hydroxylation is 1. The number of carbonyl (C=O) groups is 1. The van der Waals surface area contributed by atoms with Crippen LogP contribution < -0.4 is 0 Å². The van der Waals surface area contributed by atoms with Gasteiger partial charge in [-0.2, -0.15) is 5.10 Å². The van der Waals surface area contributed by atoms with Crippen LogP contribution in [0.5, 0.6) is 0 Å². The SMILES string of the molecule is Cn1ncc2cccc(C3CC(=O)CCO3)c21. The fourth-order valence-corrected chi connectivity index (χ4v) is 2.41. The Kier molecular flexibility index (Phi) is 2.44. The minimum Gasteiger partial charge on any atom is -0.373 e. The molecule has 1 aromatic heterocycles. The van der Waals surface area contributed by atoms with E-state index in [0.29, 0.717) is 19.4 Å². The quantitative estimate of drug-likeness (QED) is 0.752. The van der Waals surface area contributed by atoms with E-state index in [9.17, 15) is 4.79 Å². The van der Waals surface area contributed by atoms with Crippen LogP contribution in [0.15, 0.2) is 24.4 Å². The van der Waals surface area contributed by atoms with Crippen LogP contribution in [0, 0.1) is 0 Å². The Morgan fingerprint density at radius 2 is 2.35 bits per heavy atom. The molecular weight excluding hydrogens is 216 g/mol. The lowest BCUT2D eigenvalue weighted by molar-refractivity contribution is -0.128. The van der Waals surface area contributed by atoms with Crippen LogP contribution >= 0.6 is 0 Å². The molecule has 0 saturated carbocycles. The summed E-state index contributed by atoms with van der Waals surface area (Å²) < 4.78 is 7.55. The molecule has 0 spiro atoms. The zero-order chi connectivity index (χ0) is 11.8. The highest BCUT2D eigenvalue weighted by atomic mass is 16.5. The molecule has 3 rings (SSSR count). The molecule has 1 atom stereocenters. The molecule has 0 aliphatic carbocycles. The molecule has 88 valence electrons. The van der Waals surface area contributed by atoms with Crippen molar-refractivity contribution in [2.75, 3.05) is 6.61 Å². The Hall–Kier alpha value is -1.68. The van der Waals surface area contributed by atoms with Crippen LogP contribution in [0.25, 0.3) is 10.9 Å². The second-order valence-corrected chi connectivity index (χ2v) is 4.41. The zero-order valence-electron chi connectivity index (χ0n) is 9.72. The molecule has 2 heterocycles. The molecule has 1 fully saturated rings. The monoisotopic (exact) mass is 230 g/mol. The zero-order valence-corrected chi connectivity index (χ0v) is 9.72. The Balaban J connectivity index is 2.10. The van der Waals surface area contributed by atoms with E-state index in [1.807, 2.05) is 36.1 Å². The van der Waals surface area contributed by atoms with Crippen molar-refractivity contribution in [1.29, 1.82) is 0 Å². The van der Waals surface area contributed by atoms with Crippen LogP contribution in [-0.4, -0.2) is 22.2 Å². The maximum Gasteiger partial charge on any atom is 0.138 e. The second kappa shape index (κ2) is 3.96. The molecule has 2 aromatic rings. The van der Waals surface area contributed by atoms with Crippen LogP contribution in [0.3, 0.4) is 0 Å². The molecule has 0 radical (unpaired) electrons. The van der Waals surface area contributed by atoms with Crippen LogP contribution in [0.4, 0.5) is 0 Å². The van der Waals surface area contributed by atoms with E-state index in [1.54, 1.807) is 0 Å². The van der Waals surface area contributed by atoms with Crippen LogP contribution in [0.1, 0.15) is 24.5 Å². The molecule has 17 heavy (non-hydrogen) atoms. The maximum atomic E-state index is 11.5. The molecular formula is C13H14N2O2. The van der Waals surface area contributed by atoms with E-state index in [4.69, 9.17) is 4.74 Å². The van der Waals surface area contributed by atoms with Gasteiger partial charge in [-0.25, -0.2) is 0 Å². The fraction of sp³-hybridized carbons (Fsp3) is 0.385. The first-order valence-corrected chi connectivity index (χ1v) is 5.79. The molecule has 0 bridgehead atoms. The lowest BCUT2D eigenvalue weighted by Crippen LogP contribution is -2.19. The second-order valence-electron chi connectivity index (χ2n) is 4.41. The largest absolute Gasteiger partial charge is 0.373 e. The lowest BCUT2D eigenvalue weighted by Gasteiger charge is -2.22. The third-order valence-corrected chi connectivity index (χ3v) is 3.25. The van der Waals surface area contributed by atoms with Gasteiger partial charge >= 0.3 is 0 Å². The number of ketones is 1. The van der Waals surface area contributed by atoms with Crippen LogP contribution in [-0.2, 0) is 16.6 Å². The van der Waals surface area contributed by atoms with Crippen molar-refractivity contribution in [3.63, 3.8) is 0 Å². The first-order chi connectivity index (χ1) is 8.25. The van der Waals surface area contributed by atoms with Gasteiger partial charge in [0, 0.05) is 30.8 Å². The Morgan fingerprint density at radius 1 is 1.47 bits per heavy atom. The first kappa shape index (κ1) is 10.5. The van der Waals surface area contributed by atoms with Gasteiger partial charge in [0.2, 0.25) is 0 Å². The summed E-state index contributed by atoms with van der Waals surface area (Å²) in [5.41, 5.74) is 2.13. The van der Waals surface area contributed by atoms with Gasteiger partial charge in [-0.15, -0.1) is 0 Å². The first-order valence-electron chi connectivity index (χ1n) is 5.79. The molecule has 4 nitrogen and oxygen atoms in total. The average Bonchev–Trinajstić information content (AvgIpc) is 2.71. The smallest absolute Gasteiger partial charge is 0.138 e. The number of rotatable bonds is 1. The number of nitrogens with zero attached hydrogens (tertiary/aromatic N) is 2. The van der Waals surface area contributed by atoms with Gasteiger partial charge in [0.25, 0.3) is 0 Å². The van der Waals surface area contributed by atoms with Crippen molar-refractivity contribution in [3.05, 3.63) is 30.0 Å². The van der Waals surface area contributed by atoms with Crippen LogP contribution in [0.2, 0.25) is 0 Å². The molecule has 1 aromatic carbocycles. The highest BCUT2D eigenvalue weighted by Crippen LogP contribution is 2.31. The van der Waals surface area contributed by atoms with E-state index < -0.39 is 0 Å². The third kappa shape index (κ3) is 1.74. The number of hydrogen-bond donors (Lipinski definition) is 0. The minimum absolute atomic E-state index is 0.115. The van der Waals surface area contributed by atoms with Crippen molar-refractivity contribution in [3.8, 4) is 0 Å². The fourth-order valence-electron chi connectivity index (χ4n) is 2.41. The topological polar surface area (TPSA) is 44.1 Å². The van der Waals surface area contributed by atoms with E-state index in [2.05, 4.69) is 5.10 Å². The third-order valence-electron chi connectivity index (χ3n) is 3.25. The summed E-state index contributed by atoms with van der Waals surface area (Å²) in [4.78, 5) is 11.5. The Labute approximate surface area is 99.2 Å². The van der Waals surface area contributed by atoms with Crippen molar-refractivity contribution >= 4 is 16.7 Å². The summed E-state index contributed by atoms with van der Waals surface area (Å²) in [6.45, 7) is 0.526. The van der Waals surface area contributed by atoms with Gasteiger partial charge < -0.3 is 4.74 Å². The van der Waals surface area contributed by atoms with Gasteiger partial charge in [0.05, 0.1) is 24.4 Å². The maximum absolute atomic E-state index is 11.5. The van der Waals surface area contributed by atoms with Crippen molar-refractivity contribution in [2.45, 2.75) is 18.9 Å². The number of fused-ring (bicyclic) bond motifs is 1. The Morgan fingerprint density at radius 3 is 3.18 bits per heavy atom. The molecule has 1 aliphatic rings. The highest BCUT2D eigenvalue weighted by Gasteiger charge is 2.24. The predicted molar refractivity (Wildman–Crippen MR) is 63.6 cm³/mol. The van der Waals surface area contributed by atoms with Gasteiger partial charge in [0.1, 0.15) is 5.78 Å². The number of para-hydroxylation sites is 1. The number of aromatic nitrogens is 2. The lowest BCUT2D eigenvalue weighted by atomic mass is 9.98. The Bertz CT molecular complexity index is 574. The van der Waals surface area contributed by atoms with Gasteiger partial charge in [-0.05, 0) is 0 Å². The van der Waals surface area contributed by atoms with Gasteiger partial charge in [-0.3, -0.25) is 9.48 Å². The number of benzene rings is 1. The normalized spacial score (nSPS) is 21.0. The number of carbonyl (C=O) groups excluding carboxylic acids is 1. The highest BCUT2D eigenvalue weighted by molar-refractivity contribution is 5.84. The van der Waals surface area contributed by atoms with Crippen molar-refractivity contribution in [1.82, 2.24) is 9.78 Å². The van der Waals surface area contributed by atoms with E-state index in [1.165, 1.54) is 0 Å². The molecule has 1 aliphatic heterocycles. The summed E-state index contributed by atoms with van der Waals surface area (Å²) in [5, 5.41) is 5.34. The summed E-state index contributed by atoms with van der Waals surface area (Å²) in [7, 11) is 1.91. The number of ether oxygens (including phenoxy) is 1. The van der Waals surface area contributed by atoms with Crippen molar-refractivity contribution in [2.24, 2.45) is 7.05 Å². The predicted octanol–water partition coefficient (Wildman–Crippen LogP) is 1.99. The standard InChI is InChI=1S/C13H14N2O2/c1-15-13-9(8-14-15)3-2-4-11(13)12-7-10(16)5-6-17-12/h2-4,8,12H,5-7H2,1H3. The minimum atomic E-state index is -0.115. The van der Waals surface area contributed by atoms with E-state index in [0.717, 1.165) is 16.5 Å². The van der Waals surface area contributed by atoms with Gasteiger partial charge in [-0.1, -0.05) is 18.2 Å². The molecule has 0 N–H and O–H groups in total. The van der Waals surface area contributed by atoms with Gasteiger partial charge in [0.15, 0.2) is 0 Å². The summed E-state index contributed by atoms with van der Waals surface area (Å²) in [6, 6.07) is 6.03. The molecule has 0 amide bonds. The average molecular weight is 230 g/mol. The van der Waals surface area contributed by atoms with E-state index >= 15 is 0 Å². The molecule has 1 unspecified atom stereocenters. The van der Waals surface area contributed by atoms with E-state index in [-0.39, 0.29) is 11.9 Å². The molecule has 4 heteroatoms. The van der Waals surface area contributed by atoms with Crippen molar-refractivity contribution < 1.29 is 9.53 Å². The summed E-state index contributed by atoms with van der Waals surface area (Å²) in [6.07, 6.45) is 2.74. The summed E-state index contributed by atoms with van der Waals surface area (Å²) >= 11 is 0.